The molecule has 0 aliphatic carbocycles. The normalized spacial score (nSPS) is 20.3. The van der Waals surface area contributed by atoms with Crippen molar-refractivity contribution in [2.45, 2.75) is 44.2 Å². The molecule has 2 atom stereocenters. The number of ether oxygens (including phenoxy) is 1. The van der Waals surface area contributed by atoms with Gasteiger partial charge >= 0.3 is 0 Å². The number of alkyl halides is 1. The van der Waals surface area contributed by atoms with Gasteiger partial charge in [-0.15, -0.1) is 11.6 Å². The Morgan fingerprint density at radius 2 is 2.14 bits per heavy atom. The Bertz CT molecular complexity index is 648. The fourth-order valence-electron chi connectivity index (χ4n) is 2.82. The van der Waals surface area contributed by atoms with Crippen molar-refractivity contribution in [3.05, 3.63) is 28.0 Å². The van der Waals surface area contributed by atoms with Crippen molar-refractivity contribution in [1.82, 2.24) is 9.55 Å². The van der Waals surface area contributed by atoms with Crippen molar-refractivity contribution in [2.75, 3.05) is 6.61 Å². The van der Waals surface area contributed by atoms with E-state index in [1.807, 2.05) is 13.0 Å². The summed E-state index contributed by atoms with van der Waals surface area (Å²) < 4.78 is 7.83. The first-order valence-electron chi connectivity index (χ1n) is 7.17. The van der Waals surface area contributed by atoms with Gasteiger partial charge in [-0.2, -0.15) is 0 Å². The molecule has 0 amide bonds. The molecule has 0 radical (unpaired) electrons. The van der Waals surface area contributed by atoms with E-state index in [-0.39, 0.29) is 5.38 Å². The van der Waals surface area contributed by atoms with E-state index in [0.717, 1.165) is 49.3 Å². The summed E-state index contributed by atoms with van der Waals surface area (Å²) in [6.45, 7) is 3.62. The number of hydrogen-bond acceptors (Lipinski definition) is 2. The van der Waals surface area contributed by atoms with Crippen molar-refractivity contribution >= 4 is 45.8 Å². The molecule has 0 saturated carbocycles. The van der Waals surface area contributed by atoms with Crippen LogP contribution in [0.4, 0.5) is 0 Å². The predicted octanol–water partition coefficient (Wildman–Crippen LogP) is 5.21. The lowest BCUT2D eigenvalue weighted by molar-refractivity contribution is 0.100. The molecule has 114 valence electrons. The Hall–Kier alpha value is -0.480. The molecule has 1 aliphatic heterocycles. The highest BCUT2D eigenvalue weighted by Crippen LogP contribution is 2.31. The van der Waals surface area contributed by atoms with E-state index < -0.39 is 0 Å². The summed E-state index contributed by atoms with van der Waals surface area (Å²) in [7, 11) is 0. The molecular weight excluding hydrogens is 331 g/mol. The molecule has 3 rings (SSSR count). The number of aromatic nitrogens is 2. The van der Waals surface area contributed by atoms with Crippen molar-refractivity contribution < 1.29 is 4.74 Å². The molecule has 1 aliphatic rings. The number of imidazole rings is 1. The zero-order chi connectivity index (χ0) is 15.0. The lowest BCUT2D eigenvalue weighted by atomic mass is 10.2. The highest BCUT2D eigenvalue weighted by Gasteiger charge is 2.20. The molecule has 1 aromatic heterocycles. The second-order valence-corrected chi connectivity index (χ2v) is 6.89. The van der Waals surface area contributed by atoms with Crippen molar-refractivity contribution in [3.8, 4) is 0 Å². The number of hydrogen-bond donors (Lipinski definition) is 0. The van der Waals surface area contributed by atoms with Crippen molar-refractivity contribution in [3.63, 3.8) is 0 Å². The third-order valence-corrected chi connectivity index (χ3v) is 4.79. The van der Waals surface area contributed by atoms with Gasteiger partial charge in [-0.25, -0.2) is 4.98 Å². The smallest absolute Gasteiger partial charge is 0.127 e. The Morgan fingerprint density at radius 3 is 2.81 bits per heavy atom. The van der Waals surface area contributed by atoms with E-state index in [1.165, 1.54) is 0 Å². The molecular formula is C15H17Cl3N2O. The fraction of sp³-hybridized carbons (Fsp3) is 0.533. The lowest BCUT2D eigenvalue weighted by Crippen LogP contribution is -2.12. The van der Waals surface area contributed by atoms with Gasteiger partial charge in [0, 0.05) is 13.2 Å². The van der Waals surface area contributed by atoms with E-state index in [4.69, 9.17) is 39.5 Å². The summed E-state index contributed by atoms with van der Waals surface area (Å²) >= 11 is 18.5. The standard InChI is InChI=1S/C15H17Cl3N2O/c1-9(16)15-19-13-7-11(17)12(18)8-14(13)20(15)5-4-10-3-2-6-21-10/h7-10H,2-6H2,1H3. The van der Waals surface area contributed by atoms with Crippen LogP contribution in [-0.4, -0.2) is 22.3 Å². The summed E-state index contributed by atoms with van der Waals surface area (Å²) in [5.41, 5.74) is 1.81. The van der Waals surface area contributed by atoms with Gasteiger partial charge in [-0.3, -0.25) is 0 Å². The molecule has 2 aromatic rings. The summed E-state index contributed by atoms with van der Waals surface area (Å²) in [6.07, 6.45) is 3.58. The zero-order valence-electron chi connectivity index (χ0n) is 11.8. The van der Waals surface area contributed by atoms with Gasteiger partial charge in [-0.1, -0.05) is 23.2 Å². The number of benzene rings is 1. The molecule has 0 bridgehead atoms. The second kappa shape index (κ2) is 6.33. The number of rotatable bonds is 4. The van der Waals surface area contributed by atoms with Gasteiger partial charge in [0.2, 0.25) is 0 Å². The van der Waals surface area contributed by atoms with Gasteiger partial charge in [0.25, 0.3) is 0 Å². The predicted molar refractivity (Wildman–Crippen MR) is 87.6 cm³/mol. The largest absolute Gasteiger partial charge is 0.378 e. The molecule has 0 N–H and O–H groups in total. The maximum atomic E-state index is 6.27. The lowest BCUT2D eigenvalue weighted by Gasteiger charge is -2.14. The van der Waals surface area contributed by atoms with Crippen LogP contribution in [0.1, 0.15) is 37.4 Å². The Kier molecular flexibility index (Phi) is 4.65. The summed E-state index contributed by atoms with van der Waals surface area (Å²) in [6, 6.07) is 3.66. The van der Waals surface area contributed by atoms with Crippen LogP contribution in [0.25, 0.3) is 11.0 Å². The molecule has 1 fully saturated rings. The van der Waals surface area contributed by atoms with Crippen LogP contribution in [0.5, 0.6) is 0 Å². The first-order chi connectivity index (χ1) is 10.1. The third-order valence-electron chi connectivity index (χ3n) is 3.87. The number of halogens is 3. The molecule has 2 heterocycles. The fourth-order valence-corrected chi connectivity index (χ4v) is 3.30. The summed E-state index contributed by atoms with van der Waals surface area (Å²) in [5, 5.41) is 0.886. The number of aryl methyl sites for hydroxylation is 1. The molecule has 3 nitrogen and oxygen atoms in total. The zero-order valence-corrected chi connectivity index (χ0v) is 14.0. The highest BCUT2D eigenvalue weighted by atomic mass is 35.5. The maximum Gasteiger partial charge on any atom is 0.127 e. The molecule has 2 unspecified atom stereocenters. The Balaban J connectivity index is 1.96. The van der Waals surface area contributed by atoms with E-state index in [9.17, 15) is 0 Å². The van der Waals surface area contributed by atoms with Crippen LogP contribution in [0, 0.1) is 0 Å². The Morgan fingerprint density at radius 1 is 1.38 bits per heavy atom. The van der Waals surface area contributed by atoms with Crippen molar-refractivity contribution in [2.24, 2.45) is 0 Å². The van der Waals surface area contributed by atoms with E-state index in [0.29, 0.717) is 16.1 Å². The van der Waals surface area contributed by atoms with Gasteiger partial charge in [0.05, 0.1) is 32.6 Å². The van der Waals surface area contributed by atoms with Crippen LogP contribution < -0.4 is 0 Å². The monoisotopic (exact) mass is 346 g/mol. The number of fused-ring (bicyclic) bond motifs is 1. The summed E-state index contributed by atoms with van der Waals surface area (Å²) in [4.78, 5) is 4.61. The van der Waals surface area contributed by atoms with Crippen molar-refractivity contribution in [1.29, 1.82) is 0 Å². The Labute approximate surface area is 139 Å². The maximum absolute atomic E-state index is 6.27. The number of nitrogens with zero attached hydrogens (tertiary/aromatic N) is 2. The topological polar surface area (TPSA) is 27.1 Å². The minimum absolute atomic E-state index is 0.167. The quantitative estimate of drug-likeness (QED) is 0.710. The average molecular weight is 348 g/mol. The molecule has 0 spiro atoms. The highest BCUT2D eigenvalue weighted by molar-refractivity contribution is 6.42. The van der Waals surface area contributed by atoms with Crippen LogP contribution in [0.15, 0.2) is 12.1 Å². The van der Waals surface area contributed by atoms with E-state index in [1.54, 1.807) is 6.07 Å². The van der Waals surface area contributed by atoms with E-state index in [2.05, 4.69) is 9.55 Å². The minimum Gasteiger partial charge on any atom is -0.378 e. The van der Waals surface area contributed by atoms with Crippen LogP contribution >= 0.6 is 34.8 Å². The van der Waals surface area contributed by atoms with Gasteiger partial charge < -0.3 is 9.30 Å². The van der Waals surface area contributed by atoms with Gasteiger partial charge in [-0.05, 0) is 38.3 Å². The van der Waals surface area contributed by atoms with E-state index >= 15 is 0 Å². The SMILES string of the molecule is CC(Cl)c1nc2cc(Cl)c(Cl)cc2n1CCC1CCCO1. The first-order valence-corrected chi connectivity index (χ1v) is 8.36. The minimum atomic E-state index is -0.167. The molecule has 1 aromatic carbocycles. The van der Waals surface area contributed by atoms with Crippen LogP contribution in [0.3, 0.4) is 0 Å². The average Bonchev–Trinajstić information content (AvgIpc) is 3.05. The van der Waals surface area contributed by atoms with Gasteiger partial charge in [0.15, 0.2) is 0 Å². The van der Waals surface area contributed by atoms with Crippen LogP contribution in [0.2, 0.25) is 10.0 Å². The van der Waals surface area contributed by atoms with Crippen LogP contribution in [-0.2, 0) is 11.3 Å². The van der Waals surface area contributed by atoms with Gasteiger partial charge in [0.1, 0.15) is 5.82 Å². The summed E-state index contributed by atoms with van der Waals surface area (Å²) in [5.74, 6) is 0.850. The second-order valence-electron chi connectivity index (χ2n) is 5.42. The molecule has 21 heavy (non-hydrogen) atoms. The molecule has 1 saturated heterocycles. The molecule has 6 heteroatoms. The third kappa shape index (κ3) is 3.16. The first kappa shape index (κ1) is 15.4.